The summed E-state index contributed by atoms with van der Waals surface area (Å²) in [6, 6.07) is 0. The van der Waals surface area contributed by atoms with Gasteiger partial charge in [0.1, 0.15) is 0 Å². The molecule has 0 nitrogen and oxygen atoms in total. The van der Waals surface area contributed by atoms with Gasteiger partial charge in [-0.25, -0.2) is 0 Å². The summed E-state index contributed by atoms with van der Waals surface area (Å²) in [4.78, 5) is 0. The molecule has 0 aromatic rings. The highest BCUT2D eigenvalue weighted by Gasteiger charge is 1.35. The average Bonchev–Trinajstić information content (AvgIpc) is 2.06. The lowest BCUT2D eigenvalue weighted by atomic mass is 10.6. The molecule has 0 heteroatoms. The van der Waals surface area contributed by atoms with Gasteiger partial charge in [-0.1, -0.05) is 44.6 Å². The Morgan fingerprint density at radius 3 is 0.727 bits per heavy atom. The van der Waals surface area contributed by atoms with Gasteiger partial charge < -0.3 is 0 Å². The van der Waals surface area contributed by atoms with Gasteiger partial charge in [0.2, 0.25) is 0 Å². The third-order valence-corrected chi connectivity index (χ3v) is 0.667. The van der Waals surface area contributed by atoms with Gasteiger partial charge in [0.05, 0.1) is 0 Å². The zero-order valence-electron chi connectivity index (χ0n) is 9.02. The van der Waals surface area contributed by atoms with E-state index in [1.54, 1.807) is 0 Å². The predicted molar refractivity (Wildman–Crippen MR) is 56.9 cm³/mol. The fraction of sp³-hybridized carbons (Fsp3) is 0.636. The molecule has 0 N–H and O–H groups in total. The van der Waals surface area contributed by atoms with Crippen LogP contribution in [0.2, 0.25) is 0 Å². The van der Waals surface area contributed by atoms with Crippen LogP contribution in [0.25, 0.3) is 0 Å². The largest absolute Gasteiger partial charge is 0.0919 e. The molecule has 0 aliphatic heterocycles. The topological polar surface area (TPSA) is 0 Å². The summed E-state index contributed by atoms with van der Waals surface area (Å²) in [5.41, 5.74) is 0. The number of rotatable bonds is 0. The molecule has 0 spiro atoms. The normalized spacial score (nSPS) is 8.55. The standard InChI is InChI=1S/2C4H8.C3H8/c2*1-3-4-2;1-3-2/h2*3-4H,1-2H3;3H2,1-2H3/b4-3+;4-3-;. The molecule has 68 valence electrons. The number of hydrogen-bond acceptors (Lipinski definition) is 0. The molecule has 0 aromatic heterocycles. The molecule has 0 saturated heterocycles. The van der Waals surface area contributed by atoms with E-state index in [2.05, 4.69) is 13.8 Å². The minimum Gasteiger partial charge on any atom is -0.0919 e. The molecule has 0 rings (SSSR count). The van der Waals surface area contributed by atoms with Gasteiger partial charge in [0, 0.05) is 0 Å². The lowest BCUT2D eigenvalue weighted by Crippen LogP contribution is -1.27. The second-order valence-electron chi connectivity index (χ2n) is 2.04. The molecule has 0 unspecified atom stereocenters. The maximum atomic E-state index is 2.12. The first-order valence-electron chi connectivity index (χ1n) is 4.39. The Morgan fingerprint density at radius 1 is 0.636 bits per heavy atom. The van der Waals surface area contributed by atoms with Crippen molar-refractivity contribution < 1.29 is 0 Å². The molecule has 0 atom stereocenters. The van der Waals surface area contributed by atoms with E-state index in [0.717, 1.165) is 0 Å². The molecule has 0 heterocycles. The lowest BCUT2D eigenvalue weighted by molar-refractivity contribution is 1.09. The number of allylic oxidation sites excluding steroid dienone is 4. The van der Waals surface area contributed by atoms with Crippen molar-refractivity contribution >= 4 is 0 Å². The summed E-state index contributed by atoms with van der Waals surface area (Å²) in [6.45, 7) is 12.2. The first-order chi connectivity index (χ1) is 5.24. The van der Waals surface area contributed by atoms with Crippen molar-refractivity contribution in [3.63, 3.8) is 0 Å². The third kappa shape index (κ3) is 242. The second kappa shape index (κ2) is 34.0. The zero-order valence-corrected chi connectivity index (χ0v) is 9.02. The van der Waals surface area contributed by atoms with Gasteiger partial charge in [0.15, 0.2) is 0 Å². The smallest absolute Gasteiger partial charge is 0.0470 e. The monoisotopic (exact) mass is 156 g/mol. The van der Waals surface area contributed by atoms with Crippen LogP contribution >= 0.6 is 0 Å². The van der Waals surface area contributed by atoms with Gasteiger partial charge in [-0.15, -0.1) is 0 Å². The summed E-state index contributed by atoms with van der Waals surface area (Å²) in [6.07, 6.45) is 9.25. The van der Waals surface area contributed by atoms with E-state index in [1.807, 2.05) is 52.0 Å². The zero-order chi connectivity index (χ0) is 9.54. The van der Waals surface area contributed by atoms with Crippen LogP contribution in [0.4, 0.5) is 0 Å². The highest BCUT2D eigenvalue weighted by atomic mass is 13.4. The SMILES string of the molecule is C/C=C/C.C/C=C\C.CCC. The van der Waals surface area contributed by atoms with E-state index in [1.165, 1.54) is 6.42 Å². The first kappa shape index (κ1) is 16.8. The van der Waals surface area contributed by atoms with Crippen LogP contribution in [0, 0.1) is 0 Å². The minimum absolute atomic E-state index is 1.25. The highest BCUT2D eigenvalue weighted by molar-refractivity contribution is 4.68. The molecule has 0 aliphatic rings. The Hall–Kier alpha value is -0.520. The summed E-state index contributed by atoms with van der Waals surface area (Å²) in [5.74, 6) is 0. The Morgan fingerprint density at radius 2 is 0.727 bits per heavy atom. The Balaban J connectivity index is -0.0000000886. The van der Waals surface area contributed by atoms with Gasteiger partial charge in [-0.05, 0) is 27.7 Å². The molecule has 0 aliphatic carbocycles. The summed E-state index contributed by atoms with van der Waals surface area (Å²) in [5, 5.41) is 0. The fourth-order valence-electron chi connectivity index (χ4n) is 0. The third-order valence-electron chi connectivity index (χ3n) is 0.667. The summed E-state index contributed by atoms with van der Waals surface area (Å²) >= 11 is 0. The van der Waals surface area contributed by atoms with Crippen LogP contribution in [-0.2, 0) is 0 Å². The Kier molecular flexibility index (Phi) is 52.0. The van der Waals surface area contributed by atoms with Crippen molar-refractivity contribution in [2.45, 2.75) is 48.0 Å². The molecule has 11 heavy (non-hydrogen) atoms. The highest BCUT2D eigenvalue weighted by Crippen LogP contribution is 1.57. The van der Waals surface area contributed by atoms with E-state index < -0.39 is 0 Å². The first-order valence-corrected chi connectivity index (χ1v) is 4.39. The number of hydrogen-bond donors (Lipinski definition) is 0. The van der Waals surface area contributed by atoms with Gasteiger partial charge in [-0.2, -0.15) is 0 Å². The Labute approximate surface area is 73.0 Å². The van der Waals surface area contributed by atoms with Crippen molar-refractivity contribution in [1.82, 2.24) is 0 Å². The van der Waals surface area contributed by atoms with Crippen LogP contribution in [-0.4, -0.2) is 0 Å². The predicted octanol–water partition coefficient (Wildman–Crippen LogP) is 4.58. The van der Waals surface area contributed by atoms with Gasteiger partial charge in [-0.3, -0.25) is 0 Å². The van der Waals surface area contributed by atoms with Crippen LogP contribution < -0.4 is 0 Å². The molecule has 0 bridgehead atoms. The van der Waals surface area contributed by atoms with Crippen molar-refractivity contribution in [1.29, 1.82) is 0 Å². The van der Waals surface area contributed by atoms with Crippen LogP contribution in [0.15, 0.2) is 24.3 Å². The molecule has 0 saturated carbocycles. The summed E-state index contributed by atoms with van der Waals surface area (Å²) in [7, 11) is 0. The molecular formula is C11H24. The van der Waals surface area contributed by atoms with Gasteiger partial charge in [0.25, 0.3) is 0 Å². The molecule has 0 aromatic carbocycles. The summed E-state index contributed by atoms with van der Waals surface area (Å²) < 4.78 is 0. The van der Waals surface area contributed by atoms with Crippen molar-refractivity contribution in [3.8, 4) is 0 Å². The minimum atomic E-state index is 1.25. The van der Waals surface area contributed by atoms with Crippen LogP contribution in [0.3, 0.4) is 0 Å². The van der Waals surface area contributed by atoms with E-state index in [-0.39, 0.29) is 0 Å². The van der Waals surface area contributed by atoms with E-state index in [4.69, 9.17) is 0 Å². The van der Waals surface area contributed by atoms with E-state index in [0.29, 0.717) is 0 Å². The maximum Gasteiger partial charge on any atom is -0.0470 e. The van der Waals surface area contributed by atoms with Crippen molar-refractivity contribution in [3.05, 3.63) is 24.3 Å². The quantitative estimate of drug-likeness (QED) is 0.450. The average molecular weight is 156 g/mol. The maximum absolute atomic E-state index is 2.12. The van der Waals surface area contributed by atoms with Crippen molar-refractivity contribution in [2.24, 2.45) is 0 Å². The Bertz CT molecular complexity index is 50.1. The van der Waals surface area contributed by atoms with Gasteiger partial charge >= 0.3 is 0 Å². The lowest BCUT2D eigenvalue weighted by Gasteiger charge is -1.49. The molecule has 0 fully saturated rings. The fourth-order valence-corrected chi connectivity index (χ4v) is 0. The van der Waals surface area contributed by atoms with Crippen LogP contribution in [0.1, 0.15) is 48.0 Å². The van der Waals surface area contributed by atoms with E-state index >= 15 is 0 Å². The van der Waals surface area contributed by atoms with E-state index in [9.17, 15) is 0 Å². The molecule has 0 amide bonds. The molecule has 0 radical (unpaired) electrons. The van der Waals surface area contributed by atoms with Crippen molar-refractivity contribution in [2.75, 3.05) is 0 Å². The molecular weight excluding hydrogens is 132 g/mol. The van der Waals surface area contributed by atoms with Crippen LogP contribution in [0.5, 0.6) is 0 Å². The second-order valence-corrected chi connectivity index (χ2v) is 2.04.